The highest BCUT2D eigenvalue weighted by Gasteiger charge is 2.10. The largest absolute Gasteiger partial charge is 0.325 e. The Labute approximate surface area is 154 Å². The topological polar surface area (TPSA) is 61.4 Å². The first-order valence-electron chi connectivity index (χ1n) is 8.33. The molecule has 2 aromatic carbocycles. The Balaban J connectivity index is 1.97. The first kappa shape index (κ1) is 19.1. The normalized spacial score (nSPS) is 10.2. The molecule has 2 N–H and O–H groups in total. The van der Waals surface area contributed by atoms with Gasteiger partial charge in [-0.2, -0.15) is 0 Å². The summed E-state index contributed by atoms with van der Waals surface area (Å²) in [7, 11) is 0. The van der Waals surface area contributed by atoms with E-state index >= 15 is 0 Å². The van der Waals surface area contributed by atoms with Crippen LogP contribution in [-0.2, 0) is 4.79 Å². The predicted molar refractivity (Wildman–Crippen MR) is 106 cm³/mol. The van der Waals surface area contributed by atoms with E-state index in [0.717, 1.165) is 0 Å². The maximum absolute atomic E-state index is 12.2. The van der Waals surface area contributed by atoms with Crippen LogP contribution in [0.2, 0.25) is 0 Å². The van der Waals surface area contributed by atoms with E-state index in [1.165, 1.54) is 0 Å². The Bertz CT molecular complexity index is 762. The van der Waals surface area contributed by atoms with Gasteiger partial charge in [-0.25, -0.2) is 0 Å². The molecule has 2 amide bonds. The fourth-order valence-corrected chi connectivity index (χ4v) is 2.44. The molecule has 0 saturated carbocycles. The number of hydrogen-bond donors (Lipinski definition) is 2. The molecule has 0 aliphatic carbocycles. The van der Waals surface area contributed by atoms with Crippen LogP contribution in [0.25, 0.3) is 0 Å². The standard InChI is InChI=1S/C21H23N3O2/c1-3-13-24(14-4-2)16-20(25)22-18-11-8-12-19(15-18)23-21(26)17-9-6-5-7-10-17/h3-12,15H,1-2,13-14,16H2,(H,22,25)(H,23,26). The van der Waals surface area contributed by atoms with Crippen LogP contribution in [0.3, 0.4) is 0 Å². The van der Waals surface area contributed by atoms with Crippen molar-refractivity contribution in [1.29, 1.82) is 0 Å². The Kier molecular flexibility index (Phi) is 7.33. The van der Waals surface area contributed by atoms with Crippen LogP contribution < -0.4 is 10.6 Å². The van der Waals surface area contributed by atoms with Gasteiger partial charge in [0.15, 0.2) is 0 Å². The zero-order chi connectivity index (χ0) is 18.8. The number of anilines is 2. The summed E-state index contributed by atoms with van der Waals surface area (Å²) in [6.07, 6.45) is 3.49. The Hall–Kier alpha value is -3.18. The lowest BCUT2D eigenvalue weighted by Gasteiger charge is -2.18. The van der Waals surface area contributed by atoms with Gasteiger partial charge in [-0.3, -0.25) is 14.5 Å². The third-order valence-corrected chi connectivity index (χ3v) is 3.58. The summed E-state index contributed by atoms with van der Waals surface area (Å²) in [6.45, 7) is 8.82. The van der Waals surface area contributed by atoms with Crippen molar-refractivity contribution in [3.63, 3.8) is 0 Å². The number of nitrogens with zero attached hydrogens (tertiary/aromatic N) is 1. The minimum absolute atomic E-state index is 0.139. The predicted octanol–water partition coefficient (Wildman–Crippen LogP) is 3.55. The zero-order valence-electron chi connectivity index (χ0n) is 14.7. The van der Waals surface area contributed by atoms with Crippen molar-refractivity contribution >= 4 is 23.2 Å². The highest BCUT2D eigenvalue weighted by Crippen LogP contribution is 2.16. The van der Waals surface area contributed by atoms with E-state index in [9.17, 15) is 9.59 Å². The highest BCUT2D eigenvalue weighted by atomic mass is 16.2. The second-order valence-corrected chi connectivity index (χ2v) is 5.72. The molecule has 5 nitrogen and oxygen atoms in total. The summed E-state index contributed by atoms with van der Waals surface area (Å²) in [5.74, 6) is -0.336. The molecule has 0 fully saturated rings. The van der Waals surface area contributed by atoms with Gasteiger partial charge < -0.3 is 10.6 Å². The lowest BCUT2D eigenvalue weighted by atomic mass is 10.2. The molecule has 0 radical (unpaired) electrons. The summed E-state index contributed by atoms with van der Waals surface area (Å²) in [4.78, 5) is 26.3. The summed E-state index contributed by atoms with van der Waals surface area (Å²) in [5.41, 5.74) is 1.81. The van der Waals surface area contributed by atoms with E-state index in [1.807, 2.05) is 23.1 Å². The molecule has 26 heavy (non-hydrogen) atoms. The second kappa shape index (κ2) is 9.96. The molecule has 0 saturated heterocycles. The van der Waals surface area contributed by atoms with Crippen LogP contribution >= 0.6 is 0 Å². The number of rotatable bonds is 9. The molecule has 2 rings (SSSR count). The quantitative estimate of drug-likeness (QED) is 0.681. The van der Waals surface area contributed by atoms with Crippen molar-refractivity contribution in [3.8, 4) is 0 Å². The Morgan fingerprint density at radius 2 is 1.50 bits per heavy atom. The maximum atomic E-state index is 12.2. The van der Waals surface area contributed by atoms with Gasteiger partial charge in [0.2, 0.25) is 5.91 Å². The summed E-state index contributed by atoms with van der Waals surface area (Å²) >= 11 is 0. The molecule has 5 heteroatoms. The minimum atomic E-state index is -0.197. The lowest BCUT2D eigenvalue weighted by Crippen LogP contribution is -2.33. The van der Waals surface area contributed by atoms with Gasteiger partial charge >= 0.3 is 0 Å². The van der Waals surface area contributed by atoms with E-state index in [0.29, 0.717) is 30.0 Å². The van der Waals surface area contributed by atoms with Gasteiger partial charge in [0.25, 0.3) is 5.91 Å². The summed E-state index contributed by atoms with van der Waals surface area (Å²) in [6, 6.07) is 16.0. The molecule has 134 valence electrons. The Morgan fingerprint density at radius 1 is 0.885 bits per heavy atom. The number of benzene rings is 2. The fraction of sp³-hybridized carbons (Fsp3) is 0.143. The SMILES string of the molecule is C=CCN(CC=C)CC(=O)Nc1cccc(NC(=O)c2ccccc2)c1. The molecule has 0 heterocycles. The van der Waals surface area contributed by atoms with E-state index in [-0.39, 0.29) is 18.4 Å². The van der Waals surface area contributed by atoms with Gasteiger partial charge in [0, 0.05) is 30.0 Å². The average molecular weight is 349 g/mol. The third kappa shape index (κ3) is 6.03. The second-order valence-electron chi connectivity index (χ2n) is 5.72. The zero-order valence-corrected chi connectivity index (χ0v) is 14.7. The molecule has 0 atom stereocenters. The van der Waals surface area contributed by atoms with E-state index in [2.05, 4.69) is 23.8 Å². The number of hydrogen-bond acceptors (Lipinski definition) is 3. The average Bonchev–Trinajstić information content (AvgIpc) is 2.63. The summed E-state index contributed by atoms with van der Waals surface area (Å²) < 4.78 is 0. The minimum Gasteiger partial charge on any atom is -0.325 e. The van der Waals surface area contributed by atoms with Crippen molar-refractivity contribution in [2.75, 3.05) is 30.3 Å². The van der Waals surface area contributed by atoms with Gasteiger partial charge in [-0.1, -0.05) is 36.4 Å². The van der Waals surface area contributed by atoms with Crippen LogP contribution in [-0.4, -0.2) is 36.3 Å². The van der Waals surface area contributed by atoms with E-state index in [4.69, 9.17) is 0 Å². The van der Waals surface area contributed by atoms with Crippen molar-refractivity contribution in [2.24, 2.45) is 0 Å². The molecule has 0 spiro atoms. The first-order valence-corrected chi connectivity index (χ1v) is 8.33. The van der Waals surface area contributed by atoms with Crippen molar-refractivity contribution in [2.45, 2.75) is 0 Å². The number of nitrogens with one attached hydrogen (secondary N) is 2. The fourth-order valence-electron chi connectivity index (χ4n) is 2.44. The third-order valence-electron chi connectivity index (χ3n) is 3.58. The molecular weight excluding hydrogens is 326 g/mol. The van der Waals surface area contributed by atoms with Crippen LogP contribution in [0, 0.1) is 0 Å². The van der Waals surface area contributed by atoms with Gasteiger partial charge in [-0.15, -0.1) is 13.2 Å². The van der Waals surface area contributed by atoms with Crippen LogP contribution in [0.15, 0.2) is 79.9 Å². The van der Waals surface area contributed by atoms with Gasteiger partial charge in [-0.05, 0) is 30.3 Å². The summed E-state index contributed by atoms with van der Waals surface area (Å²) in [5, 5.41) is 5.67. The molecule has 0 unspecified atom stereocenters. The van der Waals surface area contributed by atoms with Crippen molar-refractivity contribution in [3.05, 3.63) is 85.5 Å². The van der Waals surface area contributed by atoms with Gasteiger partial charge in [0.1, 0.15) is 0 Å². The monoisotopic (exact) mass is 349 g/mol. The molecule has 0 aliphatic rings. The van der Waals surface area contributed by atoms with Crippen LogP contribution in [0.1, 0.15) is 10.4 Å². The van der Waals surface area contributed by atoms with E-state index in [1.54, 1.807) is 48.6 Å². The van der Waals surface area contributed by atoms with E-state index < -0.39 is 0 Å². The first-order chi connectivity index (χ1) is 12.6. The number of carbonyl (C=O) groups is 2. The molecule has 2 aromatic rings. The maximum Gasteiger partial charge on any atom is 0.255 e. The number of amides is 2. The number of carbonyl (C=O) groups excluding carboxylic acids is 2. The molecule has 0 aromatic heterocycles. The van der Waals surface area contributed by atoms with Gasteiger partial charge in [0.05, 0.1) is 6.54 Å². The van der Waals surface area contributed by atoms with Crippen molar-refractivity contribution < 1.29 is 9.59 Å². The Morgan fingerprint density at radius 3 is 2.12 bits per heavy atom. The van der Waals surface area contributed by atoms with Crippen molar-refractivity contribution in [1.82, 2.24) is 4.90 Å². The van der Waals surface area contributed by atoms with Crippen LogP contribution in [0.5, 0.6) is 0 Å². The highest BCUT2D eigenvalue weighted by molar-refractivity contribution is 6.04. The molecule has 0 bridgehead atoms. The smallest absolute Gasteiger partial charge is 0.255 e. The lowest BCUT2D eigenvalue weighted by molar-refractivity contribution is -0.117. The molecule has 0 aliphatic heterocycles. The van der Waals surface area contributed by atoms with Crippen LogP contribution in [0.4, 0.5) is 11.4 Å². The molecular formula is C21H23N3O2.